The molecule has 1 aromatic carbocycles. The SMILES string of the molecule is O=C(C[C@@H](NCc1cccnc1)C(=O)O)Nc1cccc(O)c1. The van der Waals surface area contributed by atoms with Crippen molar-refractivity contribution in [1.82, 2.24) is 10.3 Å². The number of hydrogen-bond acceptors (Lipinski definition) is 5. The molecule has 0 spiro atoms. The van der Waals surface area contributed by atoms with Crippen LogP contribution in [0.4, 0.5) is 5.69 Å². The Morgan fingerprint density at radius 1 is 1.22 bits per heavy atom. The predicted octanol–water partition coefficient (Wildman–Crippen LogP) is 1.36. The second kappa shape index (κ2) is 7.90. The number of amides is 1. The Labute approximate surface area is 133 Å². The average molecular weight is 315 g/mol. The summed E-state index contributed by atoms with van der Waals surface area (Å²) >= 11 is 0. The van der Waals surface area contributed by atoms with Gasteiger partial charge in [0.2, 0.25) is 5.91 Å². The summed E-state index contributed by atoms with van der Waals surface area (Å²) in [7, 11) is 0. The summed E-state index contributed by atoms with van der Waals surface area (Å²) in [5.41, 5.74) is 1.23. The topological polar surface area (TPSA) is 112 Å². The fourth-order valence-electron chi connectivity index (χ4n) is 1.97. The van der Waals surface area contributed by atoms with E-state index in [0.29, 0.717) is 12.2 Å². The van der Waals surface area contributed by atoms with Gasteiger partial charge in [-0.3, -0.25) is 19.9 Å². The van der Waals surface area contributed by atoms with E-state index in [1.54, 1.807) is 30.6 Å². The number of anilines is 1. The maximum atomic E-state index is 11.9. The van der Waals surface area contributed by atoms with Crippen molar-refractivity contribution >= 4 is 17.6 Å². The number of carbonyl (C=O) groups excluding carboxylic acids is 1. The average Bonchev–Trinajstić information content (AvgIpc) is 2.52. The summed E-state index contributed by atoms with van der Waals surface area (Å²) in [5, 5.41) is 23.9. The minimum Gasteiger partial charge on any atom is -0.508 e. The third-order valence-electron chi connectivity index (χ3n) is 3.09. The van der Waals surface area contributed by atoms with Gasteiger partial charge < -0.3 is 15.5 Å². The number of aromatic nitrogens is 1. The molecule has 0 saturated heterocycles. The van der Waals surface area contributed by atoms with Crippen molar-refractivity contribution in [1.29, 1.82) is 0 Å². The van der Waals surface area contributed by atoms with Gasteiger partial charge in [0, 0.05) is 30.7 Å². The molecule has 7 heteroatoms. The highest BCUT2D eigenvalue weighted by molar-refractivity contribution is 5.94. The molecule has 7 nitrogen and oxygen atoms in total. The molecule has 0 bridgehead atoms. The highest BCUT2D eigenvalue weighted by Crippen LogP contribution is 2.15. The molecule has 1 atom stereocenters. The first-order chi connectivity index (χ1) is 11.0. The molecule has 0 radical (unpaired) electrons. The Balaban J connectivity index is 1.91. The number of rotatable bonds is 7. The van der Waals surface area contributed by atoms with E-state index in [0.717, 1.165) is 5.56 Å². The van der Waals surface area contributed by atoms with E-state index >= 15 is 0 Å². The number of phenolic OH excluding ortho intramolecular Hbond substituents is 1. The lowest BCUT2D eigenvalue weighted by molar-refractivity contribution is -0.141. The first-order valence-electron chi connectivity index (χ1n) is 6.98. The van der Waals surface area contributed by atoms with Crippen LogP contribution in [0.1, 0.15) is 12.0 Å². The Kier molecular flexibility index (Phi) is 5.65. The number of nitrogens with one attached hydrogen (secondary N) is 2. The van der Waals surface area contributed by atoms with Gasteiger partial charge in [-0.2, -0.15) is 0 Å². The molecule has 1 heterocycles. The molecule has 0 fully saturated rings. The maximum Gasteiger partial charge on any atom is 0.321 e. The van der Waals surface area contributed by atoms with E-state index in [4.69, 9.17) is 0 Å². The zero-order valence-electron chi connectivity index (χ0n) is 12.3. The van der Waals surface area contributed by atoms with Crippen LogP contribution in [-0.4, -0.2) is 33.1 Å². The van der Waals surface area contributed by atoms with Gasteiger partial charge in [0.25, 0.3) is 0 Å². The summed E-state index contributed by atoms with van der Waals surface area (Å²) in [6.45, 7) is 0.296. The summed E-state index contributed by atoms with van der Waals surface area (Å²) in [6, 6.07) is 8.60. The molecular formula is C16H17N3O4. The van der Waals surface area contributed by atoms with Gasteiger partial charge in [0.05, 0.1) is 6.42 Å². The second-order valence-corrected chi connectivity index (χ2v) is 4.94. The quantitative estimate of drug-likeness (QED) is 0.614. The third-order valence-corrected chi connectivity index (χ3v) is 3.09. The lowest BCUT2D eigenvalue weighted by Crippen LogP contribution is -2.39. The molecule has 1 amide bonds. The van der Waals surface area contributed by atoms with Gasteiger partial charge in [-0.15, -0.1) is 0 Å². The molecular weight excluding hydrogens is 298 g/mol. The van der Waals surface area contributed by atoms with E-state index in [9.17, 15) is 19.8 Å². The lowest BCUT2D eigenvalue weighted by atomic mass is 10.1. The summed E-state index contributed by atoms with van der Waals surface area (Å²) < 4.78 is 0. The zero-order valence-corrected chi connectivity index (χ0v) is 12.3. The van der Waals surface area contributed by atoms with Crippen molar-refractivity contribution in [3.8, 4) is 5.75 Å². The molecule has 2 aromatic rings. The molecule has 0 aliphatic heterocycles. The van der Waals surface area contributed by atoms with Gasteiger partial charge >= 0.3 is 5.97 Å². The zero-order chi connectivity index (χ0) is 16.7. The summed E-state index contributed by atoms with van der Waals surface area (Å²) in [5.74, 6) is -1.55. The number of aromatic hydroxyl groups is 1. The van der Waals surface area contributed by atoms with E-state index < -0.39 is 17.9 Å². The second-order valence-electron chi connectivity index (χ2n) is 4.94. The monoisotopic (exact) mass is 315 g/mol. The molecule has 0 saturated carbocycles. The predicted molar refractivity (Wildman–Crippen MR) is 83.9 cm³/mol. The Bertz CT molecular complexity index is 676. The van der Waals surface area contributed by atoms with Crippen molar-refractivity contribution in [3.63, 3.8) is 0 Å². The van der Waals surface area contributed by atoms with Crippen LogP contribution >= 0.6 is 0 Å². The number of aliphatic carboxylic acids is 1. The highest BCUT2D eigenvalue weighted by atomic mass is 16.4. The van der Waals surface area contributed by atoms with Crippen LogP contribution < -0.4 is 10.6 Å². The number of carbonyl (C=O) groups is 2. The van der Waals surface area contributed by atoms with Gasteiger partial charge in [-0.25, -0.2) is 0 Å². The van der Waals surface area contributed by atoms with Gasteiger partial charge in [-0.1, -0.05) is 12.1 Å². The van der Waals surface area contributed by atoms with Gasteiger partial charge in [0.1, 0.15) is 11.8 Å². The van der Waals surface area contributed by atoms with Crippen molar-refractivity contribution in [2.75, 3.05) is 5.32 Å². The molecule has 2 rings (SSSR count). The number of carboxylic acids is 1. The van der Waals surface area contributed by atoms with Crippen molar-refractivity contribution in [2.24, 2.45) is 0 Å². The number of phenols is 1. The van der Waals surface area contributed by atoms with E-state index in [-0.39, 0.29) is 12.2 Å². The molecule has 23 heavy (non-hydrogen) atoms. The Hall–Kier alpha value is -2.93. The number of nitrogens with zero attached hydrogens (tertiary/aromatic N) is 1. The standard InChI is InChI=1S/C16H17N3O4/c20-13-5-1-4-12(7-13)19-15(21)8-14(16(22)23)18-10-11-3-2-6-17-9-11/h1-7,9,14,18,20H,8,10H2,(H,19,21)(H,22,23)/t14-/m1/s1. The highest BCUT2D eigenvalue weighted by Gasteiger charge is 2.20. The van der Waals surface area contributed by atoms with Crippen molar-refractivity contribution in [3.05, 3.63) is 54.4 Å². The number of pyridine rings is 1. The molecule has 0 unspecified atom stereocenters. The van der Waals surface area contributed by atoms with E-state index in [1.165, 1.54) is 12.1 Å². The van der Waals surface area contributed by atoms with Gasteiger partial charge in [-0.05, 0) is 23.8 Å². The fourth-order valence-corrected chi connectivity index (χ4v) is 1.97. The minimum absolute atomic E-state index is 0.0206. The largest absolute Gasteiger partial charge is 0.508 e. The molecule has 0 aliphatic carbocycles. The minimum atomic E-state index is -1.11. The van der Waals surface area contributed by atoms with Crippen molar-refractivity contribution < 1.29 is 19.8 Å². The number of benzene rings is 1. The smallest absolute Gasteiger partial charge is 0.321 e. The van der Waals surface area contributed by atoms with Crippen LogP contribution in [0.25, 0.3) is 0 Å². The van der Waals surface area contributed by atoms with Crippen LogP contribution in [-0.2, 0) is 16.1 Å². The Morgan fingerprint density at radius 3 is 2.70 bits per heavy atom. The molecule has 4 N–H and O–H groups in total. The van der Waals surface area contributed by atoms with Crippen LogP contribution in [0.3, 0.4) is 0 Å². The number of carboxylic acid groups (broad SMARTS) is 1. The van der Waals surface area contributed by atoms with Crippen LogP contribution in [0.15, 0.2) is 48.8 Å². The first kappa shape index (κ1) is 16.4. The van der Waals surface area contributed by atoms with Gasteiger partial charge in [0.15, 0.2) is 0 Å². The van der Waals surface area contributed by atoms with Crippen LogP contribution in [0.5, 0.6) is 5.75 Å². The maximum absolute atomic E-state index is 11.9. The summed E-state index contributed by atoms with van der Waals surface area (Å²) in [4.78, 5) is 27.1. The van der Waals surface area contributed by atoms with Crippen molar-refractivity contribution in [2.45, 2.75) is 19.0 Å². The van der Waals surface area contributed by atoms with Crippen LogP contribution in [0, 0.1) is 0 Å². The molecule has 120 valence electrons. The normalized spacial score (nSPS) is 11.7. The molecule has 0 aliphatic rings. The third kappa shape index (κ3) is 5.40. The number of hydrogen-bond donors (Lipinski definition) is 4. The lowest BCUT2D eigenvalue weighted by Gasteiger charge is -2.14. The summed E-state index contributed by atoms with van der Waals surface area (Å²) in [6.07, 6.45) is 3.02. The Morgan fingerprint density at radius 2 is 2.04 bits per heavy atom. The van der Waals surface area contributed by atoms with E-state index in [2.05, 4.69) is 15.6 Å². The molecule has 1 aromatic heterocycles. The first-order valence-corrected chi connectivity index (χ1v) is 6.98. The fraction of sp³-hybridized carbons (Fsp3) is 0.188. The van der Waals surface area contributed by atoms with E-state index in [1.807, 2.05) is 6.07 Å². The van der Waals surface area contributed by atoms with Crippen LogP contribution in [0.2, 0.25) is 0 Å².